The largest absolute Gasteiger partial charge is 0.507 e. The molecule has 0 aromatic heterocycles. The van der Waals surface area contributed by atoms with Crippen LogP contribution in [0.15, 0.2) is 12.1 Å². The van der Waals surface area contributed by atoms with Crippen molar-refractivity contribution in [2.75, 3.05) is 51.5 Å². The highest BCUT2D eigenvalue weighted by molar-refractivity contribution is 6.33. The third-order valence-electron chi connectivity index (χ3n) is 7.31. The van der Waals surface area contributed by atoms with Crippen LogP contribution in [-0.4, -0.2) is 83.6 Å². The van der Waals surface area contributed by atoms with Gasteiger partial charge in [0.1, 0.15) is 5.75 Å². The number of anilines is 1. The molecule has 4 rings (SSSR count). The Morgan fingerprint density at radius 2 is 1.61 bits per heavy atom. The Balaban J connectivity index is 1.18. The van der Waals surface area contributed by atoms with Crippen LogP contribution in [0, 0.1) is 5.92 Å². The Hall–Kier alpha value is -2.19. The molecule has 182 valence electrons. The minimum absolute atomic E-state index is 0.0773. The Bertz CT molecular complexity index is 845. The lowest BCUT2D eigenvalue weighted by Crippen LogP contribution is -2.50. The third-order valence-corrected chi connectivity index (χ3v) is 7.64. The number of halogens is 1. The van der Waals surface area contributed by atoms with Crippen molar-refractivity contribution >= 4 is 29.2 Å². The topological polar surface area (TPSA) is 102 Å². The fraction of sp³-hybridized carbons (Fsp3) is 0.667. The first kappa shape index (κ1) is 24.0. The van der Waals surface area contributed by atoms with E-state index in [9.17, 15) is 14.7 Å². The number of likely N-dealkylation sites (tertiary alicyclic amines) is 3. The third kappa shape index (κ3) is 6.03. The zero-order valence-corrected chi connectivity index (χ0v) is 20.0. The molecule has 4 N–H and O–H groups in total. The lowest BCUT2D eigenvalue weighted by atomic mass is 9.94. The number of benzene rings is 1. The number of nitrogens with two attached hydrogens (primary N) is 1. The lowest BCUT2D eigenvalue weighted by Gasteiger charge is -2.39. The van der Waals surface area contributed by atoms with Crippen LogP contribution in [0.3, 0.4) is 0 Å². The Labute approximate surface area is 201 Å². The second kappa shape index (κ2) is 10.8. The van der Waals surface area contributed by atoms with Crippen molar-refractivity contribution in [3.05, 3.63) is 22.7 Å². The molecule has 0 saturated carbocycles. The van der Waals surface area contributed by atoms with Gasteiger partial charge in [-0.25, -0.2) is 4.79 Å². The average molecular weight is 478 g/mol. The number of rotatable bonds is 4. The number of piperidine rings is 3. The molecule has 3 amide bonds. The van der Waals surface area contributed by atoms with Crippen LogP contribution < -0.4 is 11.1 Å². The molecule has 33 heavy (non-hydrogen) atoms. The Morgan fingerprint density at radius 3 is 2.27 bits per heavy atom. The number of hydrogen-bond donors (Lipinski definition) is 3. The van der Waals surface area contributed by atoms with Crippen molar-refractivity contribution < 1.29 is 14.7 Å². The highest BCUT2D eigenvalue weighted by atomic mass is 35.5. The molecule has 0 radical (unpaired) electrons. The summed E-state index contributed by atoms with van der Waals surface area (Å²) in [5.74, 6) is 0.144. The highest BCUT2D eigenvalue weighted by Gasteiger charge is 2.29. The molecule has 0 atom stereocenters. The number of hydrogen-bond acceptors (Lipinski definition) is 5. The van der Waals surface area contributed by atoms with E-state index in [0.717, 1.165) is 84.3 Å². The molecule has 0 spiro atoms. The van der Waals surface area contributed by atoms with E-state index < -0.39 is 0 Å². The Kier molecular flexibility index (Phi) is 7.86. The number of phenolic OH excluding ortho intramolecular Hbond substituents is 1. The van der Waals surface area contributed by atoms with Gasteiger partial charge in [0.15, 0.2) is 0 Å². The average Bonchev–Trinajstić information content (AvgIpc) is 2.83. The number of carbonyl (C=O) groups excluding carboxylic acids is 2. The maximum atomic E-state index is 12.7. The van der Waals surface area contributed by atoms with Crippen LogP contribution in [-0.2, 0) is 0 Å². The first-order valence-electron chi connectivity index (χ1n) is 12.3. The first-order chi connectivity index (χ1) is 15.9. The monoisotopic (exact) mass is 477 g/mol. The zero-order valence-electron chi connectivity index (χ0n) is 19.3. The lowest BCUT2D eigenvalue weighted by molar-refractivity contribution is 0.0881. The predicted octanol–water partition coefficient (Wildman–Crippen LogP) is 3.14. The van der Waals surface area contributed by atoms with E-state index in [1.54, 1.807) is 0 Å². The van der Waals surface area contributed by atoms with Crippen LogP contribution in [0.1, 0.15) is 55.3 Å². The summed E-state index contributed by atoms with van der Waals surface area (Å²) in [6.45, 7) is 6.48. The van der Waals surface area contributed by atoms with E-state index in [0.29, 0.717) is 5.92 Å². The smallest absolute Gasteiger partial charge is 0.319 e. The van der Waals surface area contributed by atoms with Crippen molar-refractivity contribution in [2.45, 2.75) is 51.0 Å². The zero-order chi connectivity index (χ0) is 23.4. The molecule has 3 aliphatic rings. The number of aromatic hydroxyl groups is 1. The summed E-state index contributed by atoms with van der Waals surface area (Å²) in [4.78, 5) is 31.8. The molecule has 3 fully saturated rings. The Morgan fingerprint density at radius 1 is 0.970 bits per heavy atom. The van der Waals surface area contributed by atoms with E-state index >= 15 is 0 Å². The molecule has 0 bridgehead atoms. The van der Waals surface area contributed by atoms with Gasteiger partial charge in [0.2, 0.25) is 0 Å². The summed E-state index contributed by atoms with van der Waals surface area (Å²) in [5.41, 5.74) is 6.08. The first-order valence-corrected chi connectivity index (χ1v) is 12.6. The van der Waals surface area contributed by atoms with Crippen LogP contribution in [0.25, 0.3) is 0 Å². The van der Waals surface area contributed by atoms with Crippen LogP contribution >= 0.6 is 11.6 Å². The van der Waals surface area contributed by atoms with E-state index in [1.165, 1.54) is 18.6 Å². The van der Waals surface area contributed by atoms with Gasteiger partial charge in [-0.05, 0) is 56.9 Å². The minimum Gasteiger partial charge on any atom is -0.507 e. The molecule has 9 heteroatoms. The van der Waals surface area contributed by atoms with Gasteiger partial charge in [-0.3, -0.25) is 4.79 Å². The van der Waals surface area contributed by atoms with Crippen molar-refractivity contribution in [1.29, 1.82) is 0 Å². The maximum absolute atomic E-state index is 12.7. The molecule has 3 heterocycles. The number of nitrogens with one attached hydrogen (secondary N) is 1. The number of nitrogens with zero attached hydrogens (tertiary/aromatic N) is 3. The molecule has 1 aromatic rings. The van der Waals surface area contributed by atoms with E-state index in [2.05, 4.69) is 10.2 Å². The fourth-order valence-corrected chi connectivity index (χ4v) is 5.40. The van der Waals surface area contributed by atoms with Gasteiger partial charge in [0.05, 0.1) is 16.3 Å². The molecule has 3 saturated heterocycles. The molecule has 8 nitrogen and oxygen atoms in total. The number of urea groups is 1. The van der Waals surface area contributed by atoms with Crippen molar-refractivity contribution in [2.24, 2.45) is 5.92 Å². The SMILES string of the molecule is Nc1cc(O)c(C(=O)NC2CCN(CC3CCN(C(=O)N4CCCCC4)CC3)CC2)cc1Cl. The summed E-state index contributed by atoms with van der Waals surface area (Å²) in [6.07, 6.45) is 7.38. The van der Waals surface area contributed by atoms with Crippen molar-refractivity contribution in [3.8, 4) is 5.75 Å². The van der Waals surface area contributed by atoms with Crippen molar-refractivity contribution in [3.63, 3.8) is 0 Å². The van der Waals surface area contributed by atoms with Crippen LogP contribution in [0.2, 0.25) is 5.02 Å². The van der Waals surface area contributed by atoms with E-state index in [1.807, 2.05) is 9.80 Å². The quantitative estimate of drug-likeness (QED) is 0.578. The number of phenols is 1. The molecular weight excluding hydrogens is 442 g/mol. The maximum Gasteiger partial charge on any atom is 0.319 e. The molecular formula is C24H36ClN5O3. The molecule has 0 unspecified atom stereocenters. The second-order valence-corrected chi connectivity index (χ2v) is 10.1. The molecule has 1 aromatic carbocycles. The standard InChI is InChI=1S/C24H36ClN5O3/c25-20-14-19(22(31)15-21(20)26)23(32)27-18-6-10-28(11-7-18)16-17-4-12-30(13-5-17)24(33)29-8-2-1-3-9-29/h14-15,17-18,31H,1-13,16,26H2,(H,27,32). The van der Waals surface area contributed by atoms with E-state index in [4.69, 9.17) is 17.3 Å². The predicted molar refractivity (Wildman–Crippen MR) is 130 cm³/mol. The second-order valence-electron chi connectivity index (χ2n) is 9.70. The van der Waals surface area contributed by atoms with Gasteiger partial charge in [-0.15, -0.1) is 0 Å². The normalized spacial score (nSPS) is 21.2. The number of amides is 3. The highest BCUT2D eigenvalue weighted by Crippen LogP contribution is 2.28. The van der Waals surface area contributed by atoms with E-state index in [-0.39, 0.29) is 40.0 Å². The summed E-state index contributed by atoms with van der Waals surface area (Å²) < 4.78 is 0. The van der Waals surface area contributed by atoms with Gasteiger partial charge in [-0.1, -0.05) is 11.6 Å². The minimum atomic E-state index is -0.321. The summed E-state index contributed by atoms with van der Waals surface area (Å²) in [7, 11) is 0. The summed E-state index contributed by atoms with van der Waals surface area (Å²) in [5, 5.41) is 13.3. The van der Waals surface area contributed by atoms with Gasteiger partial charge in [0.25, 0.3) is 5.91 Å². The van der Waals surface area contributed by atoms with Gasteiger partial charge in [-0.2, -0.15) is 0 Å². The fourth-order valence-electron chi connectivity index (χ4n) is 5.24. The van der Waals surface area contributed by atoms with Gasteiger partial charge >= 0.3 is 6.03 Å². The van der Waals surface area contributed by atoms with Gasteiger partial charge < -0.3 is 30.9 Å². The van der Waals surface area contributed by atoms with Crippen LogP contribution in [0.5, 0.6) is 5.75 Å². The summed E-state index contributed by atoms with van der Waals surface area (Å²) in [6, 6.07) is 3.04. The summed E-state index contributed by atoms with van der Waals surface area (Å²) >= 11 is 6.00. The van der Waals surface area contributed by atoms with Gasteiger partial charge in [0, 0.05) is 57.9 Å². The molecule has 3 aliphatic heterocycles. The molecule has 0 aliphatic carbocycles. The van der Waals surface area contributed by atoms with Crippen LogP contribution in [0.4, 0.5) is 10.5 Å². The number of nitrogen functional groups attached to an aromatic ring is 1. The number of carbonyl (C=O) groups is 2. The van der Waals surface area contributed by atoms with Crippen molar-refractivity contribution in [1.82, 2.24) is 20.0 Å².